The van der Waals surface area contributed by atoms with Crippen LogP contribution >= 0.6 is 11.6 Å². The van der Waals surface area contributed by atoms with Gasteiger partial charge < -0.3 is 15.2 Å². The lowest BCUT2D eigenvalue weighted by Crippen LogP contribution is -2.28. The Morgan fingerprint density at radius 1 is 1.33 bits per heavy atom. The zero-order chi connectivity index (χ0) is 15.6. The second-order valence-corrected chi connectivity index (χ2v) is 5.28. The van der Waals surface area contributed by atoms with Crippen molar-refractivity contribution in [3.63, 3.8) is 0 Å². The molecule has 0 saturated carbocycles. The van der Waals surface area contributed by atoms with E-state index in [2.05, 4.69) is 0 Å². The maximum Gasteiger partial charge on any atom is 0.254 e. The number of benzene rings is 1. The van der Waals surface area contributed by atoms with E-state index in [1.807, 2.05) is 0 Å². The quantitative estimate of drug-likeness (QED) is 0.881. The Hall–Kier alpha value is -2.27. The van der Waals surface area contributed by atoms with Crippen LogP contribution in [0, 0.1) is 0 Å². The van der Waals surface area contributed by atoms with Gasteiger partial charge in [-0.1, -0.05) is 11.6 Å². The fourth-order valence-corrected chi connectivity index (χ4v) is 2.12. The van der Waals surface area contributed by atoms with E-state index in [0.717, 1.165) is 5.56 Å². The number of hydrogen-bond donors (Lipinski definition) is 1. The van der Waals surface area contributed by atoms with Gasteiger partial charge in [0.25, 0.3) is 11.5 Å². The first-order valence-corrected chi connectivity index (χ1v) is 6.72. The van der Waals surface area contributed by atoms with Crippen molar-refractivity contribution < 1.29 is 4.79 Å². The Labute approximate surface area is 127 Å². The highest BCUT2D eigenvalue weighted by molar-refractivity contribution is 6.31. The molecule has 0 fully saturated rings. The van der Waals surface area contributed by atoms with Crippen LogP contribution in [0.2, 0.25) is 5.02 Å². The standard InChI is InChI=1S/C15H16ClN3O2/c1-18-6-5-10(8-14(18)20)15(21)19(2)9-11-7-12(17)3-4-13(11)16/h3-8H,9,17H2,1-2H3. The fourth-order valence-electron chi connectivity index (χ4n) is 1.95. The van der Waals surface area contributed by atoms with Gasteiger partial charge in [-0.3, -0.25) is 9.59 Å². The molecule has 0 radical (unpaired) electrons. The maximum absolute atomic E-state index is 12.3. The molecule has 5 nitrogen and oxygen atoms in total. The molecular formula is C15H16ClN3O2. The number of hydrogen-bond acceptors (Lipinski definition) is 3. The highest BCUT2D eigenvalue weighted by atomic mass is 35.5. The van der Waals surface area contributed by atoms with Gasteiger partial charge in [0.15, 0.2) is 0 Å². The molecule has 2 N–H and O–H groups in total. The SMILES string of the molecule is CN(Cc1cc(N)ccc1Cl)C(=O)c1ccn(C)c(=O)c1. The minimum Gasteiger partial charge on any atom is -0.399 e. The molecule has 6 heteroatoms. The van der Waals surface area contributed by atoms with Crippen molar-refractivity contribution >= 4 is 23.2 Å². The lowest BCUT2D eigenvalue weighted by Gasteiger charge is -2.18. The molecule has 2 rings (SSSR count). The van der Waals surface area contributed by atoms with Gasteiger partial charge in [0.1, 0.15) is 0 Å². The summed E-state index contributed by atoms with van der Waals surface area (Å²) < 4.78 is 1.41. The van der Waals surface area contributed by atoms with Gasteiger partial charge in [-0.25, -0.2) is 0 Å². The normalized spacial score (nSPS) is 10.4. The van der Waals surface area contributed by atoms with Gasteiger partial charge in [-0.2, -0.15) is 0 Å². The fraction of sp³-hybridized carbons (Fsp3) is 0.200. The molecule has 0 atom stereocenters. The number of carbonyl (C=O) groups is 1. The van der Waals surface area contributed by atoms with Crippen molar-refractivity contribution in [2.24, 2.45) is 7.05 Å². The summed E-state index contributed by atoms with van der Waals surface area (Å²) in [5.74, 6) is -0.244. The van der Waals surface area contributed by atoms with Gasteiger partial charge in [0.05, 0.1) is 0 Å². The lowest BCUT2D eigenvalue weighted by molar-refractivity contribution is 0.0785. The number of rotatable bonds is 3. The molecule has 0 saturated heterocycles. The van der Waals surface area contributed by atoms with Crippen LogP contribution < -0.4 is 11.3 Å². The molecule has 110 valence electrons. The zero-order valence-corrected chi connectivity index (χ0v) is 12.6. The molecular weight excluding hydrogens is 290 g/mol. The van der Waals surface area contributed by atoms with E-state index in [9.17, 15) is 9.59 Å². The molecule has 0 unspecified atom stereocenters. The Bertz CT molecular complexity index is 740. The highest BCUT2D eigenvalue weighted by Gasteiger charge is 2.14. The number of pyridine rings is 1. The van der Waals surface area contributed by atoms with Gasteiger partial charge >= 0.3 is 0 Å². The molecule has 0 aliphatic rings. The number of aromatic nitrogens is 1. The molecule has 0 aliphatic carbocycles. The molecule has 21 heavy (non-hydrogen) atoms. The van der Waals surface area contributed by atoms with E-state index in [1.165, 1.54) is 15.5 Å². The third-order valence-corrected chi connectivity index (χ3v) is 3.54. The van der Waals surface area contributed by atoms with Crippen LogP contribution in [-0.4, -0.2) is 22.4 Å². The zero-order valence-electron chi connectivity index (χ0n) is 11.8. The van der Waals surface area contributed by atoms with E-state index in [4.69, 9.17) is 17.3 Å². The summed E-state index contributed by atoms with van der Waals surface area (Å²) in [6.07, 6.45) is 1.57. The van der Waals surface area contributed by atoms with Crippen LogP contribution in [0.5, 0.6) is 0 Å². The van der Waals surface area contributed by atoms with Crippen LogP contribution in [-0.2, 0) is 13.6 Å². The number of halogens is 1. The molecule has 2 aromatic rings. The second kappa shape index (κ2) is 6.01. The molecule has 0 spiro atoms. The van der Waals surface area contributed by atoms with Crippen LogP contribution in [0.25, 0.3) is 0 Å². The third kappa shape index (κ3) is 3.44. The number of nitrogen functional groups attached to an aromatic ring is 1. The summed E-state index contributed by atoms with van der Waals surface area (Å²) in [6.45, 7) is 0.317. The van der Waals surface area contributed by atoms with E-state index in [1.54, 1.807) is 44.6 Å². The number of carbonyl (C=O) groups excluding carboxylic acids is 1. The Kier molecular flexibility index (Phi) is 4.33. The molecule has 1 heterocycles. The van der Waals surface area contributed by atoms with Gasteiger partial charge in [0, 0.05) is 49.2 Å². The Morgan fingerprint density at radius 3 is 2.71 bits per heavy atom. The minimum absolute atomic E-state index is 0.226. The van der Waals surface area contributed by atoms with Crippen LogP contribution in [0.4, 0.5) is 5.69 Å². The van der Waals surface area contributed by atoms with E-state index in [0.29, 0.717) is 22.8 Å². The molecule has 0 aliphatic heterocycles. The van der Waals surface area contributed by atoms with E-state index < -0.39 is 0 Å². The van der Waals surface area contributed by atoms with Crippen molar-refractivity contribution in [3.8, 4) is 0 Å². The second-order valence-electron chi connectivity index (χ2n) is 4.88. The summed E-state index contributed by atoms with van der Waals surface area (Å²) in [5.41, 5.74) is 7.19. The topological polar surface area (TPSA) is 68.3 Å². The predicted octanol–water partition coefficient (Wildman–Crippen LogP) is 1.89. The lowest BCUT2D eigenvalue weighted by atomic mass is 10.1. The number of nitrogens with zero attached hydrogens (tertiary/aromatic N) is 2. The minimum atomic E-state index is -0.244. The Morgan fingerprint density at radius 2 is 2.05 bits per heavy atom. The summed E-state index contributed by atoms with van der Waals surface area (Å²) in [5, 5.41) is 0.549. The van der Waals surface area contributed by atoms with E-state index >= 15 is 0 Å². The summed E-state index contributed by atoms with van der Waals surface area (Å²) in [7, 11) is 3.28. The molecule has 1 amide bonds. The predicted molar refractivity (Wildman–Crippen MR) is 83.3 cm³/mol. The number of anilines is 1. The summed E-state index contributed by atoms with van der Waals surface area (Å²) in [4.78, 5) is 25.4. The maximum atomic E-state index is 12.3. The average Bonchev–Trinajstić information content (AvgIpc) is 2.45. The van der Waals surface area contributed by atoms with Crippen molar-refractivity contribution in [3.05, 3.63) is 63.0 Å². The van der Waals surface area contributed by atoms with Gasteiger partial charge in [0.2, 0.25) is 0 Å². The van der Waals surface area contributed by atoms with Crippen LogP contribution in [0.15, 0.2) is 41.3 Å². The Balaban J connectivity index is 2.21. The number of nitrogens with two attached hydrogens (primary N) is 1. The number of aryl methyl sites for hydroxylation is 1. The van der Waals surface area contributed by atoms with Gasteiger partial charge in [-0.15, -0.1) is 0 Å². The average molecular weight is 306 g/mol. The van der Waals surface area contributed by atoms with Crippen LogP contribution in [0.3, 0.4) is 0 Å². The first-order chi connectivity index (χ1) is 9.88. The summed E-state index contributed by atoms with van der Waals surface area (Å²) in [6, 6.07) is 8.06. The highest BCUT2D eigenvalue weighted by Crippen LogP contribution is 2.20. The smallest absolute Gasteiger partial charge is 0.254 e. The summed E-state index contributed by atoms with van der Waals surface area (Å²) >= 11 is 6.09. The molecule has 0 bridgehead atoms. The third-order valence-electron chi connectivity index (χ3n) is 3.18. The molecule has 1 aromatic heterocycles. The van der Waals surface area contributed by atoms with Crippen molar-refractivity contribution in [2.45, 2.75) is 6.54 Å². The van der Waals surface area contributed by atoms with Crippen molar-refractivity contribution in [1.29, 1.82) is 0 Å². The monoisotopic (exact) mass is 305 g/mol. The van der Waals surface area contributed by atoms with E-state index in [-0.39, 0.29) is 11.5 Å². The first-order valence-electron chi connectivity index (χ1n) is 6.34. The van der Waals surface area contributed by atoms with Crippen LogP contribution in [0.1, 0.15) is 15.9 Å². The largest absolute Gasteiger partial charge is 0.399 e. The molecule has 1 aromatic carbocycles. The first kappa shape index (κ1) is 15.1. The van der Waals surface area contributed by atoms with Crippen molar-refractivity contribution in [1.82, 2.24) is 9.47 Å². The number of amides is 1. The van der Waals surface area contributed by atoms with Crippen molar-refractivity contribution in [2.75, 3.05) is 12.8 Å². The van der Waals surface area contributed by atoms with Gasteiger partial charge in [-0.05, 0) is 29.8 Å².